The van der Waals surface area contributed by atoms with Gasteiger partial charge < -0.3 is 0 Å². The van der Waals surface area contributed by atoms with Gasteiger partial charge in [-0.25, -0.2) is 19.2 Å². The van der Waals surface area contributed by atoms with Gasteiger partial charge >= 0.3 is 0 Å². The Kier molecular flexibility index (Phi) is 3.26. The third-order valence-corrected chi connectivity index (χ3v) is 5.01. The molecule has 1 fully saturated rings. The number of nitrogens with zero attached hydrogens (tertiary/aromatic N) is 1. The molecule has 1 aromatic carbocycles. The average Bonchev–Trinajstić information content (AvgIpc) is 2.86. The highest BCUT2D eigenvalue weighted by Gasteiger charge is 2.70. The Morgan fingerprint density at radius 3 is 2.71 bits per heavy atom. The summed E-state index contributed by atoms with van der Waals surface area (Å²) in [4.78, 5) is 16.2. The average molecular weight is 310 g/mol. The molecule has 21 heavy (non-hydrogen) atoms. The third kappa shape index (κ3) is 2.13. The molecule has 4 nitrogen and oxygen atoms in total. The van der Waals surface area contributed by atoms with Gasteiger partial charge in [0, 0.05) is 28.5 Å². The maximum absolute atomic E-state index is 14.5. The van der Waals surface area contributed by atoms with E-state index in [0.717, 1.165) is 5.56 Å². The number of halogens is 2. The van der Waals surface area contributed by atoms with Crippen LogP contribution in [0.4, 0.5) is 8.78 Å². The Morgan fingerprint density at radius 2 is 2.10 bits per heavy atom. The molecule has 7 heteroatoms. The standard InChI is InChI=1S/C14H12F2N2O2S/c1-7-11(14(7,16)13(19)18-20)10-6-17-12(21-10)8-2-4-9(15)5-3-8/h2-7,11,20H,1H3,(H,18,19). The van der Waals surface area contributed by atoms with Gasteiger partial charge in [0.2, 0.25) is 5.67 Å². The van der Waals surface area contributed by atoms with E-state index in [9.17, 15) is 13.6 Å². The van der Waals surface area contributed by atoms with Gasteiger partial charge in [-0.3, -0.25) is 10.0 Å². The molecule has 3 rings (SSSR count). The Balaban J connectivity index is 1.87. The normalized spacial score (nSPS) is 27.4. The topological polar surface area (TPSA) is 62.2 Å². The molecule has 0 bridgehead atoms. The minimum Gasteiger partial charge on any atom is -0.289 e. The number of carbonyl (C=O) groups is 1. The predicted octanol–water partition coefficient (Wildman–Crippen LogP) is 2.90. The first-order valence-corrected chi connectivity index (χ1v) is 7.15. The highest BCUT2D eigenvalue weighted by atomic mass is 32.1. The molecular weight excluding hydrogens is 298 g/mol. The van der Waals surface area contributed by atoms with Crippen molar-refractivity contribution in [2.24, 2.45) is 5.92 Å². The van der Waals surface area contributed by atoms with Gasteiger partial charge in [-0.1, -0.05) is 6.92 Å². The SMILES string of the molecule is CC1C(c2cnc(-c3ccc(F)cc3)s2)C1(F)C(=O)NO. The molecule has 3 atom stereocenters. The Hall–Kier alpha value is -1.86. The van der Waals surface area contributed by atoms with Gasteiger partial charge in [0.25, 0.3) is 5.91 Å². The lowest BCUT2D eigenvalue weighted by atomic mass is 10.2. The van der Waals surface area contributed by atoms with Crippen LogP contribution >= 0.6 is 11.3 Å². The molecule has 1 aliphatic carbocycles. The van der Waals surface area contributed by atoms with Crippen LogP contribution in [0.1, 0.15) is 17.7 Å². The smallest absolute Gasteiger partial charge is 0.281 e. The predicted molar refractivity (Wildman–Crippen MR) is 73.2 cm³/mol. The van der Waals surface area contributed by atoms with Crippen LogP contribution in [0, 0.1) is 11.7 Å². The van der Waals surface area contributed by atoms with E-state index in [-0.39, 0.29) is 5.82 Å². The molecule has 0 spiro atoms. The highest BCUT2D eigenvalue weighted by molar-refractivity contribution is 7.15. The molecule has 2 aromatic rings. The van der Waals surface area contributed by atoms with Gasteiger partial charge in [-0.15, -0.1) is 11.3 Å². The van der Waals surface area contributed by atoms with Gasteiger partial charge in [-0.05, 0) is 24.3 Å². The zero-order valence-electron chi connectivity index (χ0n) is 11.0. The fraction of sp³-hybridized carbons (Fsp3) is 0.286. The van der Waals surface area contributed by atoms with Crippen LogP contribution in [0.2, 0.25) is 0 Å². The van der Waals surface area contributed by atoms with E-state index in [1.165, 1.54) is 35.1 Å². The minimum atomic E-state index is -2.10. The molecule has 1 amide bonds. The summed E-state index contributed by atoms with van der Waals surface area (Å²) in [6.07, 6.45) is 1.52. The second-order valence-electron chi connectivity index (χ2n) is 5.05. The van der Waals surface area contributed by atoms with Gasteiger partial charge in [-0.2, -0.15) is 0 Å². The zero-order valence-corrected chi connectivity index (χ0v) is 11.8. The largest absolute Gasteiger partial charge is 0.289 e. The van der Waals surface area contributed by atoms with Crippen LogP contribution in [-0.4, -0.2) is 21.8 Å². The summed E-state index contributed by atoms with van der Waals surface area (Å²) in [5.74, 6) is -2.51. The van der Waals surface area contributed by atoms with Crippen LogP contribution in [0.25, 0.3) is 10.6 Å². The fourth-order valence-corrected chi connectivity index (χ4v) is 3.75. The van der Waals surface area contributed by atoms with Crippen LogP contribution in [0.5, 0.6) is 0 Å². The first-order chi connectivity index (χ1) is 9.98. The Bertz CT molecular complexity index is 689. The molecular formula is C14H12F2N2O2S. The van der Waals surface area contributed by atoms with Crippen molar-refractivity contribution < 1.29 is 18.8 Å². The molecule has 1 heterocycles. The Labute approximate surface area is 123 Å². The molecule has 0 radical (unpaired) electrons. The molecule has 110 valence electrons. The zero-order chi connectivity index (χ0) is 15.2. The summed E-state index contributed by atoms with van der Waals surface area (Å²) < 4.78 is 27.4. The van der Waals surface area contributed by atoms with Gasteiger partial charge in [0.05, 0.1) is 0 Å². The molecule has 0 aliphatic heterocycles. The monoisotopic (exact) mass is 310 g/mol. The van der Waals surface area contributed by atoms with Gasteiger partial charge in [0.15, 0.2) is 0 Å². The van der Waals surface area contributed by atoms with Crippen LogP contribution in [-0.2, 0) is 4.79 Å². The first kappa shape index (κ1) is 14.1. The van der Waals surface area contributed by atoms with Crippen LogP contribution in [0.15, 0.2) is 30.5 Å². The summed E-state index contributed by atoms with van der Waals surface area (Å²) in [5, 5.41) is 9.25. The van der Waals surface area contributed by atoms with E-state index in [2.05, 4.69) is 4.98 Å². The molecule has 1 aromatic heterocycles. The first-order valence-electron chi connectivity index (χ1n) is 6.33. The maximum atomic E-state index is 14.5. The summed E-state index contributed by atoms with van der Waals surface area (Å²) in [6.45, 7) is 1.61. The summed E-state index contributed by atoms with van der Waals surface area (Å²) in [6, 6.07) is 5.85. The van der Waals surface area contributed by atoms with E-state index in [4.69, 9.17) is 5.21 Å². The number of hydrogen-bond acceptors (Lipinski definition) is 4. The van der Waals surface area contributed by atoms with Crippen molar-refractivity contribution in [1.29, 1.82) is 0 Å². The van der Waals surface area contributed by atoms with Gasteiger partial charge in [0.1, 0.15) is 10.8 Å². The van der Waals surface area contributed by atoms with Crippen molar-refractivity contribution in [3.8, 4) is 10.6 Å². The summed E-state index contributed by atoms with van der Waals surface area (Å²) in [7, 11) is 0. The number of hydrogen-bond donors (Lipinski definition) is 2. The van der Waals surface area contributed by atoms with E-state index in [1.807, 2.05) is 0 Å². The molecule has 1 saturated carbocycles. The number of alkyl halides is 1. The van der Waals surface area contributed by atoms with Crippen molar-refractivity contribution in [2.75, 3.05) is 0 Å². The van der Waals surface area contributed by atoms with E-state index in [0.29, 0.717) is 9.88 Å². The van der Waals surface area contributed by atoms with Crippen LogP contribution in [0.3, 0.4) is 0 Å². The summed E-state index contributed by atoms with van der Waals surface area (Å²) in [5.41, 5.74) is 0.00838. The second-order valence-corrected chi connectivity index (χ2v) is 6.11. The molecule has 3 unspecified atom stereocenters. The number of benzene rings is 1. The number of hydroxylamine groups is 1. The van der Waals surface area contributed by atoms with E-state index >= 15 is 0 Å². The fourth-order valence-electron chi connectivity index (χ4n) is 2.56. The quantitative estimate of drug-likeness (QED) is 0.677. The molecule has 0 saturated heterocycles. The number of amides is 1. The highest BCUT2D eigenvalue weighted by Crippen LogP contribution is 2.61. The number of nitrogens with one attached hydrogen (secondary N) is 1. The minimum absolute atomic E-state index is 0.339. The van der Waals surface area contributed by atoms with Crippen molar-refractivity contribution in [3.63, 3.8) is 0 Å². The number of aromatic nitrogens is 1. The summed E-state index contributed by atoms with van der Waals surface area (Å²) >= 11 is 1.26. The van der Waals surface area contributed by atoms with Crippen molar-refractivity contribution >= 4 is 17.2 Å². The molecule has 2 N–H and O–H groups in total. The lowest BCUT2D eigenvalue weighted by Crippen LogP contribution is -2.33. The van der Waals surface area contributed by atoms with E-state index < -0.39 is 23.4 Å². The lowest BCUT2D eigenvalue weighted by molar-refractivity contribution is -0.136. The number of thiazole rings is 1. The maximum Gasteiger partial charge on any atom is 0.281 e. The van der Waals surface area contributed by atoms with Crippen molar-refractivity contribution in [3.05, 3.63) is 41.2 Å². The number of rotatable bonds is 3. The lowest BCUT2D eigenvalue weighted by Gasteiger charge is -2.03. The Morgan fingerprint density at radius 1 is 1.43 bits per heavy atom. The van der Waals surface area contributed by atoms with E-state index in [1.54, 1.807) is 19.1 Å². The third-order valence-electron chi connectivity index (χ3n) is 3.88. The number of carbonyl (C=O) groups excluding carboxylic acids is 1. The van der Waals surface area contributed by atoms with Crippen molar-refractivity contribution in [1.82, 2.24) is 10.5 Å². The molecule has 1 aliphatic rings. The second kappa shape index (κ2) is 4.85. The van der Waals surface area contributed by atoms with Crippen LogP contribution < -0.4 is 5.48 Å². The van der Waals surface area contributed by atoms with Crippen molar-refractivity contribution in [2.45, 2.75) is 18.5 Å².